The van der Waals surface area contributed by atoms with Gasteiger partial charge in [0.05, 0.1) is 7.11 Å². The second kappa shape index (κ2) is 5.89. The van der Waals surface area contributed by atoms with Gasteiger partial charge in [-0.3, -0.25) is 0 Å². The first-order chi connectivity index (χ1) is 7.88. The molecule has 0 amide bonds. The fourth-order valence-electron chi connectivity index (χ4n) is 1.38. The normalized spacial score (nSPS) is 10.1. The average Bonchev–Trinajstić information content (AvgIpc) is 2.38. The van der Waals surface area contributed by atoms with Gasteiger partial charge in [0.2, 0.25) is 0 Å². The molecule has 2 rings (SSSR count). The zero-order chi connectivity index (χ0) is 11.2. The molecule has 16 heavy (non-hydrogen) atoms. The number of hydrogen-bond acceptors (Lipinski definition) is 1. The summed E-state index contributed by atoms with van der Waals surface area (Å²) >= 11 is 0.0745. The molecule has 0 spiro atoms. The molecule has 0 aliphatic carbocycles. The summed E-state index contributed by atoms with van der Waals surface area (Å²) in [6.45, 7) is 0. The monoisotopic (exact) mass is 325 g/mol. The molecule has 0 aromatic heterocycles. The maximum atomic E-state index is 5.14. The molecule has 2 aromatic carbocycles. The highest BCUT2D eigenvalue weighted by Gasteiger charge is 2.11. The Morgan fingerprint density at radius 3 is 2.25 bits per heavy atom. The molecular weight excluding hydrogens is 311 g/mol. The lowest BCUT2D eigenvalue weighted by atomic mass is 10.2. The van der Waals surface area contributed by atoms with E-state index in [1.165, 1.54) is 13.6 Å². The summed E-state index contributed by atoms with van der Waals surface area (Å²) in [5.41, 5.74) is 1.44. The average molecular weight is 325 g/mol. The SMILES string of the molecule is COc1ccc([I+]Cc2ccccc2)cc1. The molecule has 0 aliphatic rings. The van der Waals surface area contributed by atoms with E-state index in [1.807, 2.05) is 12.1 Å². The second-order valence-electron chi connectivity index (χ2n) is 3.41. The molecule has 2 heteroatoms. The number of benzene rings is 2. The standard InChI is InChI=1S/C14H14IO/c1-16-14-9-7-13(8-10-14)15-11-12-5-3-2-4-6-12/h2-10H,11H2,1H3/q+1. The highest BCUT2D eigenvalue weighted by atomic mass is 127. The van der Waals surface area contributed by atoms with Crippen LogP contribution in [0.5, 0.6) is 5.75 Å². The molecule has 0 bridgehead atoms. The van der Waals surface area contributed by atoms with Crippen LogP contribution in [0.25, 0.3) is 0 Å². The van der Waals surface area contributed by atoms with Crippen molar-refractivity contribution in [3.63, 3.8) is 0 Å². The summed E-state index contributed by atoms with van der Waals surface area (Å²) in [6, 6.07) is 19.1. The number of ether oxygens (including phenoxy) is 1. The summed E-state index contributed by atoms with van der Waals surface area (Å²) in [5.74, 6) is 0.937. The summed E-state index contributed by atoms with van der Waals surface area (Å²) in [7, 11) is 1.70. The van der Waals surface area contributed by atoms with Crippen molar-refractivity contribution in [2.45, 2.75) is 4.43 Å². The predicted octanol–water partition coefficient (Wildman–Crippen LogP) is 0.154. The number of methoxy groups -OCH3 is 1. The number of hydrogen-bond donors (Lipinski definition) is 0. The van der Waals surface area contributed by atoms with Crippen LogP contribution >= 0.6 is 0 Å². The van der Waals surface area contributed by atoms with Gasteiger partial charge in [-0.05, 0) is 29.8 Å². The predicted molar refractivity (Wildman–Crippen MR) is 61.8 cm³/mol. The third kappa shape index (κ3) is 3.23. The van der Waals surface area contributed by atoms with E-state index in [2.05, 4.69) is 42.5 Å². The summed E-state index contributed by atoms with van der Waals surface area (Å²) in [4.78, 5) is 0. The van der Waals surface area contributed by atoms with Crippen molar-refractivity contribution in [1.29, 1.82) is 0 Å². The Kier molecular flexibility index (Phi) is 4.22. The zero-order valence-electron chi connectivity index (χ0n) is 9.19. The largest absolute Gasteiger partial charge is 0.497 e. The van der Waals surface area contributed by atoms with Crippen LogP contribution in [0.2, 0.25) is 0 Å². The fraction of sp³-hybridized carbons (Fsp3) is 0.143. The summed E-state index contributed by atoms with van der Waals surface area (Å²) in [6.07, 6.45) is 0. The van der Waals surface area contributed by atoms with Crippen LogP contribution < -0.4 is 25.9 Å². The van der Waals surface area contributed by atoms with Gasteiger partial charge in [0.15, 0.2) is 8.00 Å². The minimum Gasteiger partial charge on any atom is -0.497 e. The lowest BCUT2D eigenvalue weighted by Gasteiger charge is -1.96. The van der Waals surface area contributed by atoms with Crippen molar-refractivity contribution in [3.05, 3.63) is 63.7 Å². The Hall–Kier alpha value is -1.03. The molecule has 0 atom stereocenters. The van der Waals surface area contributed by atoms with Crippen molar-refractivity contribution in [2.75, 3.05) is 7.11 Å². The highest BCUT2D eigenvalue weighted by molar-refractivity contribution is 5.20. The van der Waals surface area contributed by atoms with Gasteiger partial charge in [-0.25, -0.2) is 0 Å². The molecule has 0 aliphatic heterocycles. The van der Waals surface area contributed by atoms with Crippen molar-refractivity contribution < 1.29 is 25.9 Å². The Morgan fingerprint density at radius 1 is 0.938 bits per heavy atom. The molecule has 1 nitrogen and oxygen atoms in total. The molecule has 0 saturated carbocycles. The lowest BCUT2D eigenvalue weighted by Crippen LogP contribution is -3.61. The Morgan fingerprint density at radius 2 is 1.62 bits per heavy atom. The van der Waals surface area contributed by atoms with Gasteiger partial charge in [0, 0.05) is 0 Å². The quantitative estimate of drug-likeness (QED) is 0.575. The van der Waals surface area contributed by atoms with Crippen LogP contribution in [0.3, 0.4) is 0 Å². The Labute approximate surface area is 107 Å². The van der Waals surface area contributed by atoms with Crippen LogP contribution in [-0.2, 0) is 4.43 Å². The third-order valence-electron chi connectivity index (χ3n) is 2.27. The molecule has 82 valence electrons. The van der Waals surface area contributed by atoms with E-state index in [0.29, 0.717) is 0 Å². The number of rotatable bonds is 4. The maximum absolute atomic E-state index is 5.14. The van der Waals surface area contributed by atoms with Crippen LogP contribution in [-0.4, -0.2) is 7.11 Å². The van der Waals surface area contributed by atoms with Gasteiger partial charge >= 0.3 is 21.2 Å². The first-order valence-electron chi connectivity index (χ1n) is 5.15. The van der Waals surface area contributed by atoms with Crippen molar-refractivity contribution in [3.8, 4) is 5.75 Å². The number of alkyl halides is 1. The minimum absolute atomic E-state index is 0.0745. The van der Waals surface area contributed by atoms with Crippen molar-refractivity contribution in [2.24, 2.45) is 0 Å². The van der Waals surface area contributed by atoms with Gasteiger partial charge < -0.3 is 4.74 Å². The molecule has 0 saturated heterocycles. The molecular formula is C14H14IO+. The van der Waals surface area contributed by atoms with Gasteiger partial charge in [0.1, 0.15) is 5.75 Å². The minimum atomic E-state index is 0.0745. The van der Waals surface area contributed by atoms with E-state index in [1.54, 1.807) is 7.11 Å². The highest BCUT2D eigenvalue weighted by Crippen LogP contribution is 2.06. The summed E-state index contributed by atoms with van der Waals surface area (Å²) in [5, 5.41) is 0. The topological polar surface area (TPSA) is 9.23 Å². The molecule has 0 unspecified atom stereocenters. The van der Waals surface area contributed by atoms with Crippen LogP contribution in [0.15, 0.2) is 54.6 Å². The smallest absolute Gasteiger partial charge is 0.318 e. The zero-order valence-corrected chi connectivity index (χ0v) is 11.3. The van der Waals surface area contributed by atoms with Gasteiger partial charge in [-0.1, -0.05) is 30.3 Å². The second-order valence-corrected chi connectivity index (χ2v) is 6.18. The summed E-state index contributed by atoms with van der Waals surface area (Å²) < 4.78 is 7.81. The van der Waals surface area contributed by atoms with Crippen LogP contribution in [0.4, 0.5) is 0 Å². The van der Waals surface area contributed by atoms with Gasteiger partial charge in [-0.2, -0.15) is 0 Å². The van der Waals surface area contributed by atoms with E-state index in [4.69, 9.17) is 4.74 Å². The third-order valence-corrected chi connectivity index (χ3v) is 5.13. The van der Waals surface area contributed by atoms with E-state index < -0.39 is 0 Å². The molecule has 0 heterocycles. The molecule has 0 radical (unpaired) electrons. The van der Waals surface area contributed by atoms with Crippen molar-refractivity contribution in [1.82, 2.24) is 0 Å². The van der Waals surface area contributed by atoms with Crippen LogP contribution in [0.1, 0.15) is 5.56 Å². The first-order valence-corrected chi connectivity index (χ1v) is 7.76. The molecule has 0 N–H and O–H groups in total. The van der Waals surface area contributed by atoms with Crippen LogP contribution in [0, 0.1) is 3.57 Å². The molecule has 0 fully saturated rings. The van der Waals surface area contributed by atoms with Crippen molar-refractivity contribution >= 4 is 0 Å². The maximum Gasteiger partial charge on any atom is 0.318 e. The fourth-order valence-corrected chi connectivity index (χ4v) is 3.64. The Balaban J connectivity index is 1.94. The lowest BCUT2D eigenvalue weighted by molar-refractivity contribution is -0.643. The number of halogens is 1. The van der Waals surface area contributed by atoms with E-state index in [0.717, 1.165) is 5.75 Å². The van der Waals surface area contributed by atoms with Gasteiger partial charge in [-0.15, -0.1) is 0 Å². The molecule has 2 aromatic rings. The van der Waals surface area contributed by atoms with E-state index in [9.17, 15) is 0 Å². The van der Waals surface area contributed by atoms with E-state index in [-0.39, 0.29) is 21.2 Å². The Bertz CT molecular complexity index is 422. The van der Waals surface area contributed by atoms with Gasteiger partial charge in [0.25, 0.3) is 0 Å². The van der Waals surface area contributed by atoms with E-state index >= 15 is 0 Å². The first kappa shape index (κ1) is 11.5.